The highest BCUT2D eigenvalue weighted by Crippen LogP contribution is 2.33. The van der Waals surface area contributed by atoms with Gasteiger partial charge in [0.05, 0.1) is 6.04 Å². The molecule has 3 nitrogen and oxygen atoms in total. The summed E-state index contributed by atoms with van der Waals surface area (Å²) in [6.45, 7) is 3.82. The third kappa shape index (κ3) is 3.80. The minimum absolute atomic E-state index is 0.317. The van der Waals surface area contributed by atoms with Crippen molar-refractivity contribution >= 4 is 17.2 Å². The predicted octanol–water partition coefficient (Wildman–Crippen LogP) is 3.18. The van der Waals surface area contributed by atoms with Crippen molar-refractivity contribution in [2.45, 2.75) is 45.1 Å². The Morgan fingerprint density at radius 3 is 3.11 bits per heavy atom. The second-order valence-electron chi connectivity index (χ2n) is 5.52. The van der Waals surface area contributed by atoms with Gasteiger partial charge in [-0.05, 0) is 60.5 Å². The fourth-order valence-corrected chi connectivity index (χ4v) is 3.53. The number of amides is 1. The Labute approximate surface area is 119 Å². The van der Waals surface area contributed by atoms with Gasteiger partial charge < -0.3 is 10.6 Å². The van der Waals surface area contributed by atoms with Gasteiger partial charge in [0.1, 0.15) is 0 Å². The first-order valence-electron chi connectivity index (χ1n) is 7.24. The van der Waals surface area contributed by atoms with Crippen LogP contribution in [0.2, 0.25) is 0 Å². The third-order valence-electron chi connectivity index (χ3n) is 4.01. The summed E-state index contributed by atoms with van der Waals surface area (Å²) < 4.78 is 0. The molecule has 2 atom stereocenters. The first-order valence-corrected chi connectivity index (χ1v) is 8.18. The molecular weight excluding hydrogens is 256 g/mol. The highest BCUT2D eigenvalue weighted by atomic mass is 32.1. The van der Waals surface area contributed by atoms with E-state index in [-0.39, 0.29) is 0 Å². The van der Waals surface area contributed by atoms with E-state index in [0.29, 0.717) is 24.3 Å². The van der Waals surface area contributed by atoms with Crippen LogP contribution in [0, 0.1) is 5.92 Å². The molecule has 0 aromatic carbocycles. The van der Waals surface area contributed by atoms with E-state index < -0.39 is 0 Å². The van der Waals surface area contributed by atoms with Crippen LogP contribution in [0.15, 0.2) is 16.8 Å². The van der Waals surface area contributed by atoms with Crippen molar-refractivity contribution in [3.63, 3.8) is 0 Å². The molecule has 0 spiro atoms. The van der Waals surface area contributed by atoms with Crippen molar-refractivity contribution in [2.24, 2.45) is 11.7 Å². The van der Waals surface area contributed by atoms with E-state index in [1.54, 1.807) is 11.3 Å². The molecule has 106 valence electrons. The normalized spacial score (nSPS) is 20.7. The zero-order chi connectivity index (χ0) is 13.7. The average molecular weight is 280 g/mol. The number of nitrogens with zero attached hydrogens (tertiary/aromatic N) is 1. The van der Waals surface area contributed by atoms with E-state index in [2.05, 4.69) is 28.7 Å². The molecule has 4 heteroatoms. The standard InChI is InChI=1S/C15H24N2OS/c1-12(6-8-16)4-5-15(18)17-9-2-3-14(17)13-7-10-19-11-13/h7,10-12,14H,2-6,8-9,16H2,1H3. The lowest BCUT2D eigenvalue weighted by atomic mass is 10.0. The predicted molar refractivity (Wildman–Crippen MR) is 80.1 cm³/mol. The zero-order valence-electron chi connectivity index (χ0n) is 11.7. The fraction of sp³-hybridized carbons (Fsp3) is 0.667. The van der Waals surface area contributed by atoms with E-state index in [1.165, 1.54) is 5.56 Å². The highest BCUT2D eigenvalue weighted by molar-refractivity contribution is 7.07. The quantitative estimate of drug-likeness (QED) is 0.870. The first kappa shape index (κ1) is 14.5. The number of carbonyl (C=O) groups is 1. The molecule has 0 bridgehead atoms. The molecule has 2 unspecified atom stereocenters. The molecule has 2 rings (SSSR count). The third-order valence-corrected chi connectivity index (χ3v) is 4.71. The van der Waals surface area contributed by atoms with Gasteiger partial charge in [0, 0.05) is 13.0 Å². The van der Waals surface area contributed by atoms with E-state index in [4.69, 9.17) is 5.73 Å². The lowest BCUT2D eigenvalue weighted by molar-refractivity contribution is -0.132. The van der Waals surface area contributed by atoms with E-state index >= 15 is 0 Å². The van der Waals surface area contributed by atoms with Gasteiger partial charge in [0.2, 0.25) is 5.91 Å². The van der Waals surface area contributed by atoms with Crippen LogP contribution in [0.25, 0.3) is 0 Å². The van der Waals surface area contributed by atoms with Crippen LogP contribution in [0.1, 0.15) is 50.6 Å². The van der Waals surface area contributed by atoms with Crippen LogP contribution in [0.3, 0.4) is 0 Å². The summed E-state index contributed by atoms with van der Waals surface area (Å²) in [6.07, 6.45) is 4.89. The van der Waals surface area contributed by atoms with Crippen LogP contribution in [-0.4, -0.2) is 23.9 Å². The SMILES string of the molecule is CC(CCN)CCC(=O)N1CCCC1c1ccsc1. The maximum absolute atomic E-state index is 12.4. The maximum atomic E-state index is 12.4. The number of likely N-dealkylation sites (tertiary alicyclic amines) is 1. The smallest absolute Gasteiger partial charge is 0.223 e. The van der Waals surface area contributed by atoms with Gasteiger partial charge in [0.25, 0.3) is 0 Å². The number of thiophene rings is 1. The molecule has 1 aromatic rings. The number of carbonyl (C=O) groups excluding carboxylic acids is 1. The number of hydrogen-bond acceptors (Lipinski definition) is 3. The number of hydrogen-bond donors (Lipinski definition) is 1. The van der Waals surface area contributed by atoms with E-state index in [9.17, 15) is 4.79 Å². The molecule has 1 amide bonds. The van der Waals surface area contributed by atoms with Gasteiger partial charge in [0.15, 0.2) is 0 Å². The van der Waals surface area contributed by atoms with Gasteiger partial charge in [-0.1, -0.05) is 6.92 Å². The van der Waals surface area contributed by atoms with Crippen molar-refractivity contribution in [3.05, 3.63) is 22.4 Å². The van der Waals surface area contributed by atoms with Crippen molar-refractivity contribution < 1.29 is 4.79 Å². The van der Waals surface area contributed by atoms with Gasteiger partial charge in [-0.25, -0.2) is 0 Å². The Morgan fingerprint density at radius 1 is 1.58 bits per heavy atom. The Balaban J connectivity index is 1.88. The molecule has 1 aliphatic heterocycles. The Kier molecular flexibility index (Phi) is 5.40. The summed E-state index contributed by atoms with van der Waals surface area (Å²) in [5.41, 5.74) is 6.86. The first-order chi connectivity index (χ1) is 9.22. The fourth-order valence-electron chi connectivity index (χ4n) is 2.82. The summed E-state index contributed by atoms with van der Waals surface area (Å²) in [6, 6.07) is 2.47. The van der Waals surface area contributed by atoms with Crippen LogP contribution in [-0.2, 0) is 4.79 Å². The molecule has 2 heterocycles. The molecular formula is C15H24N2OS. The minimum Gasteiger partial charge on any atom is -0.336 e. The van der Waals surface area contributed by atoms with Crippen LogP contribution >= 0.6 is 11.3 Å². The Morgan fingerprint density at radius 2 is 2.42 bits per heavy atom. The van der Waals surface area contributed by atoms with Crippen molar-refractivity contribution in [1.29, 1.82) is 0 Å². The summed E-state index contributed by atoms with van der Waals surface area (Å²) in [5.74, 6) is 0.869. The van der Waals surface area contributed by atoms with Crippen molar-refractivity contribution in [3.8, 4) is 0 Å². The molecule has 1 fully saturated rings. The molecule has 0 saturated carbocycles. The lowest BCUT2D eigenvalue weighted by Crippen LogP contribution is -2.30. The summed E-state index contributed by atoms with van der Waals surface area (Å²) >= 11 is 1.71. The average Bonchev–Trinajstić information content (AvgIpc) is 3.05. The molecule has 19 heavy (non-hydrogen) atoms. The van der Waals surface area contributed by atoms with Crippen molar-refractivity contribution in [2.75, 3.05) is 13.1 Å². The molecule has 0 aliphatic carbocycles. The monoisotopic (exact) mass is 280 g/mol. The van der Waals surface area contributed by atoms with Gasteiger partial charge in [-0.2, -0.15) is 11.3 Å². The minimum atomic E-state index is 0.317. The summed E-state index contributed by atoms with van der Waals surface area (Å²) in [7, 11) is 0. The summed E-state index contributed by atoms with van der Waals surface area (Å²) in [4.78, 5) is 14.4. The Bertz CT molecular complexity index is 391. The topological polar surface area (TPSA) is 46.3 Å². The van der Waals surface area contributed by atoms with Crippen molar-refractivity contribution in [1.82, 2.24) is 4.90 Å². The van der Waals surface area contributed by atoms with Crippen LogP contribution in [0.4, 0.5) is 0 Å². The molecule has 0 radical (unpaired) electrons. The highest BCUT2D eigenvalue weighted by Gasteiger charge is 2.29. The van der Waals surface area contributed by atoms with E-state index in [0.717, 1.165) is 38.8 Å². The molecule has 1 saturated heterocycles. The number of nitrogens with two attached hydrogens (primary N) is 1. The molecule has 1 aromatic heterocycles. The molecule has 2 N–H and O–H groups in total. The van der Waals surface area contributed by atoms with Gasteiger partial charge in [-0.15, -0.1) is 0 Å². The lowest BCUT2D eigenvalue weighted by Gasteiger charge is -2.25. The number of rotatable bonds is 6. The molecule has 1 aliphatic rings. The largest absolute Gasteiger partial charge is 0.336 e. The second-order valence-corrected chi connectivity index (χ2v) is 6.30. The zero-order valence-corrected chi connectivity index (χ0v) is 12.5. The van der Waals surface area contributed by atoms with E-state index in [1.807, 2.05) is 0 Å². The Hall–Kier alpha value is -0.870. The van der Waals surface area contributed by atoms with Crippen LogP contribution in [0.5, 0.6) is 0 Å². The van der Waals surface area contributed by atoms with Crippen LogP contribution < -0.4 is 5.73 Å². The summed E-state index contributed by atoms with van der Waals surface area (Å²) in [5, 5.41) is 4.27. The second kappa shape index (κ2) is 7.06. The van der Waals surface area contributed by atoms with Gasteiger partial charge in [-0.3, -0.25) is 4.79 Å². The van der Waals surface area contributed by atoms with Gasteiger partial charge >= 0.3 is 0 Å². The maximum Gasteiger partial charge on any atom is 0.223 e.